The van der Waals surface area contributed by atoms with Crippen LogP contribution in [-0.2, 0) is 22.5 Å². The predicted octanol–water partition coefficient (Wildman–Crippen LogP) is 4.08. The number of benzene rings is 1. The van der Waals surface area contributed by atoms with E-state index in [4.69, 9.17) is 9.47 Å². The normalized spacial score (nSPS) is 17.8. The van der Waals surface area contributed by atoms with Crippen LogP contribution in [0.1, 0.15) is 61.5 Å². The van der Waals surface area contributed by atoms with Gasteiger partial charge in [-0.3, -0.25) is 0 Å². The van der Waals surface area contributed by atoms with E-state index in [1.807, 2.05) is 20.8 Å². The van der Waals surface area contributed by atoms with E-state index in [-0.39, 0.29) is 18.5 Å². The molecule has 0 N–H and O–H groups in total. The lowest BCUT2D eigenvalue weighted by atomic mass is 9.90. The summed E-state index contributed by atoms with van der Waals surface area (Å²) in [5.74, 6) is -0.293. The Kier molecular flexibility index (Phi) is 5.21. The van der Waals surface area contributed by atoms with Gasteiger partial charge >= 0.3 is 12.1 Å². The number of hydrogen-bond donors (Lipinski definition) is 0. The second kappa shape index (κ2) is 7.25. The third kappa shape index (κ3) is 4.17. The molecule has 6 heteroatoms. The molecule has 1 fully saturated rings. The Bertz CT molecular complexity index is 702. The monoisotopic (exact) mass is 363 g/mol. The number of aryl methyl sites for hydroxylation is 1. The van der Waals surface area contributed by atoms with Crippen LogP contribution in [0.2, 0.25) is 0 Å². The van der Waals surface area contributed by atoms with Crippen LogP contribution in [0.3, 0.4) is 0 Å². The first-order valence-corrected chi connectivity index (χ1v) is 9.20. The molecule has 142 valence electrons. The Morgan fingerprint density at radius 3 is 2.65 bits per heavy atom. The van der Waals surface area contributed by atoms with Crippen LogP contribution < -0.4 is 0 Å². The van der Waals surface area contributed by atoms with Gasteiger partial charge in [-0.15, -0.1) is 0 Å². The van der Waals surface area contributed by atoms with Gasteiger partial charge in [0, 0.05) is 18.7 Å². The first-order valence-electron chi connectivity index (χ1n) is 9.20. The number of ether oxygens (including phenoxy) is 2. The fraction of sp³-hybridized carbons (Fsp3) is 0.600. The van der Waals surface area contributed by atoms with Crippen LogP contribution in [0.15, 0.2) is 12.1 Å². The number of carbonyl (C=O) groups is 2. The maximum atomic E-state index is 14.5. The molecule has 1 amide bonds. The molecule has 1 aromatic carbocycles. The molecule has 0 unspecified atom stereocenters. The van der Waals surface area contributed by atoms with Crippen molar-refractivity contribution in [1.29, 1.82) is 0 Å². The average Bonchev–Trinajstić information content (AvgIpc) is 2.95. The summed E-state index contributed by atoms with van der Waals surface area (Å²) in [6, 6.07) is 3.35. The molecule has 3 rings (SSSR count). The van der Waals surface area contributed by atoms with Gasteiger partial charge in [0.1, 0.15) is 18.0 Å². The molecule has 0 aliphatic carbocycles. The van der Waals surface area contributed by atoms with Crippen molar-refractivity contribution in [2.75, 3.05) is 13.1 Å². The summed E-state index contributed by atoms with van der Waals surface area (Å²) < 4.78 is 24.8. The highest BCUT2D eigenvalue weighted by atomic mass is 19.1. The largest absolute Gasteiger partial charge is 0.457 e. The molecule has 26 heavy (non-hydrogen) atoms. The second-order valence-electron chi connectivity index (χ2n) is 8.09. The second-order valence-corrected chi connectivity index (χ2v) is 8.09. The van der Waals surface area contributed by atoms with Crippen LogP contribution in [-0.4, -0.2) is 35.7 Å². The highest BCUT2D eigenvalue weighted by Crippen LogP contribution is 2.28. The van der Waals surface area contributed by atoms with Crippen LogP contribution in [0.4, 0.5) is 9.18 Å². The van der Waals surface area contributed by atoms with Crippen molar-refractivity contribution in [3.63, 3.8) is 0 Å². The maximum absolute atomic E-state index is 14.5. The third-order valence-corrected chi connectivity index (χ3v) is 4.98. The number of esters is 1. The molecule has 0 bridgehead atoms. The molecule has 0 aromatic heterocycles. The van der Waals surface area contributed by atoms with E-state index in [1.54, 1.807) is 17.0 Å². The predicted molar refractivity (Wildman–Crippen MR) is 94.4 cm³/mol. The molecule has 0 saturated carbocycles. The Hall–Kier alpha value is -2.11. The zero-order valence-corrected chi connectivity index (χ0v) is 15.6. The van der Waals surface area contributed by atoms with E-state index in [0.29, 0.717) is 42.1 Å². The summed E-state index contributed by atoms with van der Waals surface area (Å²) >= 11 is 0. The molecular formula is C20H26FNO4. The first kappa shape index (κ1) is 18.7. The number of piperidine rings is 1. The van der Waals surface area contributed by atoms with Gasteiger partial charge in [-0.05, 0) is 64.0 Å². The number of hydrogen-bond acceptors (Lipinski definition) is 4. The van der Waals surface area contributed by atoms with E-state index in [1.165, 1.54) is 0 Å². The van der Waals surface area contributed by atoms with Crippen LogP contribution in [0.5, 0.6) is 0 Å². The molecule has 2 aliphatic rings. The molecule has 2 heterocycles. The van der Waals surface area contributed by atoms with Crippen molar-refractivity contribution >= 4 is 12.1 Å². The smallest absolute Gasteiger partial charge is 0.410 e. The minimum absolute atomic E-state index is 0.0299. The Morgan fingerprint density at radius 1 is 1.31 bits per heavy atom. The topological polar surface area (TPSA) is 55.8 Å². The summed E-state index contributed by atoms with van der Waals surface area (Å²) in [6.45, 7) is 6.97. The minimum Gasteiger partial charge on any atom is -0.457 e. The number of amides is 1. The van der Waals surface area contributed by atoms with Crippen LogP contribution >= 0.6 is 0 Å². The van der Waals surface area contributed by atoms with E-state index in [0.717, 1.165) is 19.3 Å². The number of fused-ring (bicyclic) bond motifs is 1. The molecule has 0 radical (unpaired) electrons. The van der Waals surface area contributed by atoms with Crippen molar-refractivity contribution < 1.29 is 23.5 Å². The van der Waals surface area contributed by atoms with E-state index in [2.05, 4.69) is 0 Å². The molecule has 0 spiro atoms. The van der Waals surface area contributed by atoms with Gasteiger partial charge in [0.2, 0.25) is 0 Å². The first-order chi connectivity index (χ1) is 12.2. The summed E-state index contributed by atoms with van der Waals surface area (Å²) in [5, 5.41) is 0. The van der Waals surface area contributed by atoms with Crippen molar-refractivity contribution in [2.45, 2.75) is 58.7 Å². The summed E-state index contributed by atoms with van der Waals surface area (Å²) in [7, 11) is 0. The molecule has 0 atom stereocenters. The van der Waals surface area contributed by atoms with Crippen LogP contribution in [0.25, 0.3) is 0 Å². The lowest BCUT2D eigenvalue weighted by molar-refractivity contribution is 0.0181. The minimum atomic E-state index is -0.482. The maximum Gasteiger partial charge on any atom is 0.410 e. The third-order valence-electron chi connectivity index (χ3n) is 4.98. The number of halogens is 1. The van der Waals surface area contributed by atoms with Gasteiger partial charge in [0.15, 0.2) is 0 Å². The highest BCUT2D eigenvalue weighted by molar-refractivity contribution is 5.93. The lowest BCUT2D eigenvalue weighted by Crippen LogP contribution is -2.41. The lowest BCUT2D eigenvalue weighted by Gasteiger charge is -2.33. The van der Waals surface area contributed by atoms with Gasteiger partial charge in [-0.2, -0.15) is 0 Å². The van der Waals surface area contributed by atoms with Crippen molar-refractivity contribution in [3.8, 4) is 0 Å². The Morgan fingerprint density at radius 2 is 2.00 bits per heavy atom. The highest BCUT2D eigenvalue weighted by Gasteiger charge is 2.28. The van der Waals surface area contributed by atoms with Gasteiger partial charge in [-0.1, -0.05) is 6.07 Å². The van der Waals surface area contributed by atoms with Gasteiger partial charge in [-0.25, -0.2) is 14.0 Å². The zero-order chi connectivity index (χ0) is 18.9. The number of nitrogens with zero attached hydrogens (tertiary/aromatic N) is 1. The zero-order valence-electron chi connectivity index (χ0n) is 15.6. The molecular weight excluding hydrogens is 337 g/mol. The SMILES string of the molecule is CC(C)(C)OC(=O)N1CCC(CCc2ccc3c(c2F)COC3=O)CC1. The fourth-order valence-electron chi connectivity index (χ4n) is 3.50. The number of rotatable bonds is 3. The van der Waals surface area contributed by atoms with Gasteiger partial charge in [0.05, 0.1) is 5.56 Å². The summed E-state index contributed by atoms with van der Waals surface area (Å²) in [6.07, 6.45) is 3.03. The molecule has 1 aromatic rings. The van der Waals surface area contributed by atoms with Crippen LogP contribution in [0, 0.1) is 11.7 Å². The number of likely N-dealkylation sites (tertiary alicyclic amines) is 1. The standard InChI is InChI=1S/C20H26FNO4/c1-20(2,3)26-19(24)22-10-8-13(9-11-22)4-5-14-6-7-15-16(17(14)21)12-25-18(15)23/h6-7,13H,4-5,8-12H2,1-3H3. The quantitative estimate of drug-likeness (QED) is 0.760. The fourth-order valence-corrected chi connectivity index (χ4v) is 3.50. The van der Waals surface area contributed by atoms with Gasteiger partial charge in [0.25, 0.3) is 0 Å². The molecule has 1 saturated heterocycles. The summed E-state index contributed by atoms with van der Waals surface area (Å²) in [5.41, 5.74) is 0.880. The van der Waals surface area contributed by atoms with Gasteiger partial charge < -0.3 is 14.4 Å². The summed E-state index contributed by atoms with van der Waals surface area (Å²) in [4.78, 5) is 25.3. The van der Waals surface area contributed by atoms with Crippen molar-refractivity contribution in [1.82, 2.24) is 4.90 Å². The Labute approximate surface area is 153 Å². The number of cyclic esters (lactones) is 1. The Balaban J connectivity index is 1.50. The van der Waals surface area contributed by atoms with E-state index >= 15 is 0 Å². The van der Waals surface area contributed by atoms with Crippen molar-refractivity contribution in [3.05, 3.63) is 34.6 Å². The molecule has 2 aliphatic heterocycles. The van der Waals surface area contributed by atoms with Crippen molar-refractivity contribution in [2.24, 2.45) is 5.92 Å². The van der Waals surface area contributed by atoms with E-state index in [9.17, 15) is 14.0 Å². The molecule has 5 nitrogen and oxygen atoms in total. The number of carbonyl (C=O) groups excluding carboxylic acids is 2. The van der Waals surface area contributed by atoms with E-state index < -0.39 is 11.6 Å². The average molecular weight is 363 g/mol.